The maximum atomic E-state index is 12.8. The lowest BCUT2D eigenvalue weighted by Crippen LogP contribution is -2.26. The van der Waals surface area contributed by atoms with Crippen molar-refractivity contribution in [3.63, 3.8) is 0 Å². The van der Waals surface area contributed by atoms with Crippen molar-refractivity contribution in [2.75, 3.05) is 6.61 Å². The van der Waals surface area contributed by atoms with Crippen LogP contribution in [0.4, 0.5) is 13.2 Å². The molecule has 0 unspecified atom stereocenters. The molecule has 0 aromatic carbocycles. The van der Waals surface area contributed by atoms with Gasteiger partial charge in [0.25, 0.3) is 4.83 Å². The molecule has 0 amide bonds. The zero-order valence-corrected chi connectivity index (χ0v) is 10.5. The Morgan fingerprint density at radius 3 is 2.79 bits per heavy atom. The summed E-state index contributed by atoms with van der Waals surface area (Å²) in [5.41, 5.74) is -0.951. The van der Waals surface area contributed by atoms with Crippen LogP contribution in [0.15, 0.2) is 18.3 Å². The minimum atomic E-state index is -4.59. The molecule has 2 heterocycles. The molecule has 102 valence electrons. The Kier molecular flexibility index (Phi) is 3.36. The second kappa shape index (κ2) is 4.69. The van der Waals surface area contributed by atoms with Gasteiger partial charge in [-0.3, -0.25) is 0 Å². The third-order valence-corrected chi connectivity index (χ3v) is 3.48. The molecule has 0 aliphatic carbocycles. The molecule has 8 heteroatoms. The van der Waals surface area contributed by atoms with E-state index in [-0.39, 0.29) is 16.3 Å². The molecule has 0 saturated carbocycles. The van der Waals surface area contributed by atoms with Gasteiger partial charge in [-0.2, -0.15) is 17.6 Å². The van der Waals surface area contributed by atoms with Crippen molar-refractivity contribution >= 4 is 22.1 Å². The minimum absolute atomic E-state index is 0.0450. The molecule has 0 saturated heterocycles. The van der Waals surface area contributed by atoms with Gasteiger partial charge in [0.05, 0.1) is 6.61 Å². The number of carbonyl (C=O) groups excluding carboxylic acids is 1. The Bertz CT molecular complexity index is 636. The lowest BCUT2D eigenvalue weighted by Gasteiger charge is -2.03. The van der Waals surface area contributed by atoms with E-state index in [1.54, 1.807) is 6.92 Å². The predicted molar refractivity (Wildman–Crippen MR) is 57.9 cm³/mol. The summed E-state index contributed by atoms with van der Waals surface area (Å²) in [4.78, 5) is 10.8. The summed E-state index contributed by atoms with van der Waals surface area (Å²) in [6.45, 7) is 1.59. The van der Waals surface area contributed by atoms with E-state index >= 15 is 0 Å². The predicted octanol–water partition coefficient (Wildman–Crippen LogP) is 1.76. The van der Waals surface area contributed by atoms with Gasteiger partial charge in [0.2, 0.25) is 0 Å². The molecule has 0 spiro atoms. The summed E-state index contributed by atoms with van der Waals surface area (Å²) in [5, 5.41) is 11.8. The van der Waals surface area contributed by atoms with E-state index in [1.165, 1.54) is 6.20 Å². The number of rotatable bonds is 2. The van der Waals surface area contributed by atoms with Gasteiger partial charge in [-0.25, -0.2) is 4.79 Å². The molecule has 0 N–H and O–H groups in total. The summed E-state index contributed by atoms with van der Waals surface area (Å²) < 4.78 is 43.8. The first-order valence-corrected chi connectivity index (χ1v) is 6.06. The van der Waals surface area contributed by atoms with Crippen molar-refractivity contribution < 1.29 is 32.2 Å². The molecule has 2 aromatic heterocycles. The summed E-state index contributed by atoms with van der Waals surface area (Å²) in [6.07, 6.45) is -3.40. The Hall–Kier alpha value is -1.83. The van der Waals surface area contributed by atoms with Gasteiger partial charge in [-0.1, -0.05) is 11.3 Å². The Labute approximate surface area is 109 Å². The second-order valence-corrected chi connectivity index (χ2v) is 4.55. The van der Waals surface area contributed by atoms with Gasteiger partial charge in [-0.15, -0.1) is 0 Å². The number of esters is 1. The number of halogens is 3. The number of fused-ring (bicyclic) bond motifs is 1. The maximum absolute atomic E-state index is 12.8. The lowest BCUT2D eigenvalue weighted by molar-refractivity contribution is -0.582. The van der Waals surface area contributed by atoms with Gasteiger partial charge >= 0.3 is 12.1 Å². The first-order valence-electron chi connectivity index (χ1n) is 5.24. The van der Waals surface area contributed by atoms with E-state index < -0.39 is 23.6 Å². The maximum Gasteiger partial charge on any atom is 0.423 e. The quantitative estimate of drug-likeness (QED) is 0.626. The third-order valence-electron chi connectivity index (χ3n) is 2.33. The Morgan fingerprint density at radius 1 is 1.53 bits per heavy atom. The van der Waals surface area contributed by atoms with Crippen LogP contribution in [-0.2, 0) is 10.9 Å². The van der Waals surface area contributed by atoms with Crippen molar-refractivity contribution in [1.82, 2.24) is 0 Å². The molecular formula is C11H8F3NO3S. The number of nitrogens with zero attached hydrogens (tertiary/aromatic N) is 1. The number of hydrogen-bond acceptors (Lipinski definition) is 4. The van der Waals surface area contributed by atoms with Crippen LogP contribution in [0.3, 0.4) is 0 Å². The fourth-order valence-corrected chi connectivity index (χ4v) is 2.61. The summed E-state index contributed by atoms with van der Waals surface area (Å²) >= 11 is 0.481. The van der Waals surface area contributed by atoms with Crippen molar-refractivity contribution in [3.05, 3.63) is 28.8 Å². The molecule has 2 aromatic rings. The molecule has 4 nitrogen and oxygen atoms in total. The highest BCUT2D eigenvalue weighted by Gasteiger charge is 2.38. The summed E-state index contributed by atoms with van der Waals surface area (Å²) in [5.74, 6) is -1.71. The van der Waals surface area contributed by atoms with Crippen molar-refractivity contribution in [3.8, 4) is 5.88 Å². The molecule has 2 rings (SSSR count). The normalized spacial score (nSPS) is 11.8. The highest BCUT2D eigenvalue weighted by atomic mass is 32.1. The molecule has 0 atom stereocenters. The van der Waals surface area contributed by atoms with Crippen LogP contribution in [0.2, 0.25) is 0 Å². The van der Waals surface area contributed by atoms with Gasteiger partial charge in [0, 0.05) is 6.07 Å². The standard InChI is InChI=1S/C11H8F3NO3S/c1-2-18-10(17)7-8(16)15-5-3-4-6(9(15)19-7)11(12,13)14/h3-5H,2H2,1H3. The fraction of sp³-hybridized carbons (Fsp3) is 0.273. The van der Waals surface area contributed by atoms with Crippen LogP contribution < -0.4 is 9.51 Å². The number of carbonyl (C=O) groups is 1. The van der Waals surface area contributed by atoms with Gasteiger partial charge in [0.1, 0.15) is 5.56 Å². The van der Waals surface area contributed by atoms with Crippen molar-refractivity contribution in [1.29, 1.82) is 0 Å². The molecule has 0 aliphatic rings. The number of alkyl halides is 3. The van der Waals surface area contributed by atoms with Crippen LogP contribution in [0.25, 0.3) is 4.83 Å². The number of hydrogen-bond donors (Lipinski definition) is 0. The van der Waals surface area contributed by atoms with E-state index in [9.17, 15) is 23.1 Å². The van der Waals surface area contributed by atoms with Crippen LogP contribution in [0.5, 0.6) is 5.88 Å². The highest BCUT2D eigenvalue weighted by molar-refractivity contribution is 7.19. The van der Waals surface area contributed by atoms with Crippen LogP contribution in [0, 0.1) is 0 Å². The van der Waals surface area contributed by atoms with E-state index in [0.29, 0.717) is 11.3 Å². The fourth-order valence-electron chi connectivity index (χ4n) is 1.55. The number of thiazole rings is 1. The molecular weight excluding hydrogens is 283 g/mol. The molecule has 0 aliphatic heterocycles. The van der Waals surface area contributed by atoms with Crippen molar-refractivity contribution in [2.45, 2.75) is 13.1 Å². The smallest absolute Gasteiger partial charge is 0.423 e. The number of pyridine rings is 1. The van der Waals surface area contributed by atoms with Crippen LogP contribution >= 0.6 is 11.3 Å². The topological polar surface area (TPSA) is 53.5 Å². The summed E-state index contributed by atoms with van der Waals surface area (Å²) in [6, 6.07) is 1.97. The first-order chi connectivity index (χ1) is 8.86. The SMILES string of the molecule is CCOC(=O)c1sc2c(C(F)(F)F)ccc[n+]2c1[O-]. The largest absolute Gasteiger partial charge is 0.822 e. The summed E-state index contributed by atoms with van der Waals surface area (Å²) in [7, 11) is 0. The van der Waals surface area contributed by atoms with Crippen LogP contribution in [0.1, 0.15) is 22.2 Å². The van der Waals surface area contributed by atoms with Gasteiger partial charge < -0.3 is 9.84 Å². The van der Waals surface area contributed by atoms with E-state index in [2.05, 4.69) is 4.74 Å². The van der Waals surface area contributed by atoms with E-state index in [1.807, 2.05) is 0 Å². The van der Waals surface area contributed by atoms with Crippen LogP contribution in [-0.4, -0.2) is 12.6 Å². The Balaban J connectivity index is 2.66. The molecule has 0 fully saturated rings. The van der Waals surface area contributed by atoms with E-state index in [0.717, 1.165) is 16.5 Å². The first kappa shape index (κ1) is 13.6. The zero-order valence-electron chi connectivity index (χ0n) is 9.65. The number of ether oxygens (including phenoxy) is 1. The molecule has 19 heavy (non-hydrogen) atoms. The minimum Gasteiger partial charge on any atom is -0.822 e. The molecule has 0 radical (unpaired) electrons. The van der Waals surface area contributed by atoms with Gasteiger partial charge in [-0.05, 0) is 13.0 Å². The lowest BCUT2D eigenvalue weighted by atomic mass is 10.3. The van der Waals surface area contributed by atoms with E-state index in [4.69, 9.17) is 0 Å². The average molecular weight is 291 g/mol. The zero-order chi connectivity index (χ0) is 14.2. The Morgan fingerprint density at radius 2 is 2.21 bits per heavy atom. The average Bonchev–Trinajstić information content (AvgIpc) is 2.66. The number of aromatic nitrogens is 1. The third kappa shape index (κ3) is 2.35. The van der Waals surface area contributed by atoms with Crippen molar-refractivity contribution in [2.24, 2.45) is 0 Å². The second-order valence-electron chi connectivity index (χ2n) is 3.55. The monoisotopic (exact) mass is 291 g/mol. The molecule has 0 bridgehead atoms. The highest BCUT2D eigenvalue weighted by Crippen LogP contribution is 2.35. The van der Waals surface area contributed by atoms with Gasteiger partial charge in [0.15, 0.2) is 17.0 Å².